The Morgan fingerprint density at radius 1 is 1.35 bits per heavy atom. The summed E-state index contributed by atoms with van der Waals surface area (Å²) in [6, 6.07) is 5.74. The lowest BCUT2D eigenvalue weighted by atomic mass is 10.0. The van der Waals surface area contributed by atoms with E-state index in [9.17, 15) is 0 Å². The van der Waals surface area contributed by atoms with Crippen molar-refractivity contribution in [3.8, 4) is 0 Å². The molecule has 0 amide bonds. The Bertz CT molecular complexity index is 418. The molecule has 1 fully saturated rings. The van der Waals surface area contributed by atoms with Gasteiger partial charge in [-0.2, -0.15) is 0 Å². The number of nitrogens with zero attached hydrogens (tertiary/aromatic N) is 2. The second-order valence-corrected chi connectivity index (χ2v) is 7.26. The first kappa shape index (κ1) is 16.0. The molecule has 1 aliphatic heterocycles. The number of hydrogen-bond acceptors (Lipinski definition) is 4. The molecule has 0 saturated carbocycles. The normalized spacial score (nSPS) is 24.8. The quantitative estimate of drug-likeness (QED) is 0.906. The minimum absolute atomic E-state index is 0.230. The van der Waals surface area contributed by atoms with Crippen molar-refractivity contribution in [3.05, 3.63) is 21.9 Å². The molecule has 3 unspecified atom stereocenters. The van der Waals surface area contributed by atoms with Crippen molar-refractivity contribution in [1.29, 1.82) is 0 Å². The lowest BCUT2D eigenvalue weighted by molar-refractivity contribution is 0.0504. The highest BCUT2D eigenvalue weighted by Crippen LogP contribution is 2.32. The van der Waals surface area contributed by atoms with Gasteiger partial charge in [0.15, 0.2) is 0 Å². The largest absolute Gasteiger partial charge is 0.326 e. The highest BCUT2D eigenvalue weighted by atomic mass is 32.1. The molecular formula is C16H29N3S. The topological polar surface area (TPSA) is 32.5 Å². The second-order valence-electron chi connectivity index (χ2n) is 5.94. The molecule has 0 bridgehead atoms. The van der Waals surface area contributed by atoms with Crippen LogP contribution < -0.4 is 5.73 Å². The van der Waals surface area contributed by atoms with E-state index in [0.29, 0.717) is 12.1 Å². The predicted molar refractivity (Wildman–Crippen MR) is 88.3 cm³/mol. The lowest BCUT2D eigenvalue weighted by Crippen LogP contribution is -2.55. The van der Waals surface area contributed by atoms with Gasteiger partial charge < -0.3 is 5.73 Å². The third-order valence-electron chi connectivity index (χ3n) is 4.53. The van der Waals surface area contributed by atoms with Gasteiger partial charge in [0.1, 0.15) is 0 Å². The van der Waals surface area contributed by atoms with E-state index in [4.69, 9.17) is 5.73 Å². The van der Waals surface area contributed by atoms with E-state index in [2.05, 4.69) is 49.6 Å². The van der Waals surface area contributed by atoms with Crippen LogP contribution in [0.2, 0.25) is 0 Å². The molecule has 0 radical (unpaired) electrons. The predicted octanol–water partition coefficient (Wildman–Crippen LogP) is 2.86. The smallest absolute Gasteiger partial charge is 0.0594 e. The summed E-state index contributed by atoms with van der Waals surface area (Å²) in [7, 11) is 0. The van der Waals surface area contributed by atoms with Crippen molar-refractivity contribution in [2.24, 2.45) is 5.73 Å². The molecular weight excluding hydrogens is 266 g/mol. The summed E-state index contributed by atoms with van der Waals surface area (Å²) in [5, 5.41) is 0. The summed E-state index contributed by atoms with van der Waals surface area (Å²) in [6.07, 6.45) is 1.03. The second kappa shape index (κ2) is 7.03. The van der Waals surface area contributed by atoms with Crippen molar-refractivity contribution in [3.63, 3.8) is 0 Å². The summed E-state index contributed by atoms with van der Waals surface area (Å²) in [5.74, 6) is 0. The fourth-order valence-corrected chi connectivity index (χ4v) is 4.33. The van der Waals surface area contributed by atoms with E-state index in [1.807, 2.05) is 11.3 Å². The van der Waals surface area contributed by atoms with Gasteiger partial charge in [-0.1, -0.05) is 13.8 Å². The fourth-order valence-electron chi connectivity index (χ4n) is 3.24. The highest BCUT2D eigenvalue weighted by molar-refractivity contribution is 7.12. The molecule has 2 rings (SSSR count). The molecule has 0 aliphatic carbocycles. The van der Waals surface area contributed by atoms with Crippen molar-refractivity contribution in [2.45, 2.75) is 52.2 Å². The average molecular weight is 295 g/mol. The molecule has 1 aromatic rings. The molecule has 3 nitrogen and oxygen atoms in total. The average Bonchev–Trinajstić information content (AvgIpc) is 2.85. The van der Waals surface area contributed by atoms with E-state index in [1.165, 1.54) is 9.75 Å². The van der Waals surface area contributed by atoms with E-state index in [0.717, 1.165) is 32.6 Å². The van der Waals surface area contributed by atoms with Crippen LogP contribution >= 0.6 is 11.3 Å². The fraction of sp³-hybridized carbons (Fsp3) is 0.750. The molecule has 1 aromatic heterocycles. The molecule has 2 heterocycles. The number of piperazine rings is 1. The van der Waals surface area contributed by atoms with Gasteiger partial charge in [0.25, 0.3) is 0 Å². The van der Waals surface area contributed by atoms with Crippen molar-refractivity contribution < 1.29 is 0 Å². The Kier molecular flexibility index (Phi) is 5.61. The minimum Gasteiger partial charge on any atom is -0.326 e. The minimum atomic E-state index is 0.230. The third kappa shape index (κ3) is 3.42. The zero-order valence-electron chi connectivity index (χ0n) is 13.3. The van der Waals surface area contributed by atoms with Gasteiger partial charge in [-0.25, -0.2) is 0 Å². The van der Waals surface area contributed by atoms with Crippen molar-refractivity contribution in [2.75, 3.05) is 26.2 Å². The maximum absolute atomic E-state index is 6.45. The number of rotatable bonds is 5. The van der Waals surface area contributed by atoms with Gasteiger partial charge in [0.2, 0.25) is 0 Å². The Balaban J connectivity index is 2.16. The number of aryl methyl sites for hydroxylation is 1. The Labute approximate surface area is 127 Å². The first-order valence-corrected chi connectivity index (χ1v) is 8.68. The van der Waals surface area contributed by atoms with Crippen LogP contribution in [0.4, 0.5) is 0 Å². The van der Waals surface area contributed by atoms with Gasteiger partial charge in [0, 0.05) is 41.5 Å². The first-order valence-electron chi connectivity index (χ1n) is 7.86. The molecule has 2 N–H and O–H groups in total. The molecule has 0 spiro atoms. The van der Waals surface area contributed by atoms with Crippen LogP contribution in [0.15, 0.2) is 12.1 Å². The molecule has 1 saturated heterocycles. The van der Waals surface area contributed by atoms with Gasteiger partial charge >= 0.3 is 0 Å². The summed E-state index contributed by atoms with van der Waals surface area (Å²) in [5.41, 5.74) is 6.45. The summed E-state index contributed by atoms with van der Waals surface area (Å²) < 4.78 is 0. The van der Waals surface area contributed by atoms with E-state index < -0.39 is 0 Å². The van der Waals surface area contributed by atoms with Crippen LogP contribution in [0, 0.1) is 6.92 Å². The standard InChI is InChI=1S/C16H29N3S/c1-5-14(17)16(15-8-7-13(4)20-15)19-10-9-18(6-2)12(3)11-19/h7-8,12,14,16H,5-6,9-11,17H2,1-4H3. The van der Waals surface area contributed by atoms with Gasteiger partial charge in [0.05, 0.1) is 6.04 Å². The maximum Gasteiger partial charge on any atom is 0.0594 e. The SMILES string of the molecule is CCC(N)C(c1ccc(C)s1)N1CCN(CC)C(C)C1. The molecule has 0 aromatic carbocycles. The van der Waals surface area contributed by atoms with Gasteiger partial charge in [-0.15, -0.1) is 11.3 Å². The number of hydrogen-bond donors (Lipinski definition) is 1. The van der Waals surface area contributed by atoms with Crippen molar-refractivity contribution in [1.82, 2.24) is 9.80 Å². The summed E-state index contributed by atoms with van der Waals surface area (Å²) in [6.45, 7) is 13.5. The molecule has 3 atom stereocenters. The van der Waals surface area contributed by atoms with Crippen LogP contribution in [0.5, 0.6) is 0 Å². The molecule has 114 valence electrons. The molecule has 20 heavy (non-hydrogen) atoms. The first-order chi connectivity index (χ1) is 9.56. The van der Waals surface area contributed by atoms with E-state index in [-0.39, 0.29) is 6.04 Å². The lowest BCUT2D eigenvalue weighted by Gasteiger charge is -2.44. The maximum atomic E-state index is 6.45. The summed E-state index contributed by atoms with van der Waals surface area (Å²) in [4.78, 5) is 7.99. The zero-order chi connectivity index (χ0) is 14.7. The van der Waals surface area contributed by atoms with Gasteiger partial charge in [-0.3, -0.25) is 9.80 Å². The van der Waals surface area contributed by atoms with E-state index in [1.54, 1.807) is 0 Å². The number of likely N-dealkylation sites (N-methyl/N-ethyl adjacent to an activating group) is 1. The van der Waals surface area contributed by atoms with E-state index >= 15 is 0 Å². The molecule has 1 aliphatic rings. The van der Waals surface area contributed by atoms with Crippen molar-refractivity contribution >= 4 is 11.3 Å². The van der Waals surface area contributed by atoms with Crippen LogP contribution in [-0.4, -0.2) is 48.1 Å². The number of thiophene rings is 1. The van der Waals surface area contributed by atoms with Crippen LogP contribution in [0.3, 0.4) is 0 Å². The third-order valence-corrected chi connectivity index (χ3v) is 5.60. The number of nitrogens with two attached hydrogens (primary N) is 1. The monoisotopic (exact) mass is 295 g/mol. The van der Waals surface area contributed by atoms with Crippen LogP contribution in [-0.2, 0) is 0 Å². The van der Waals surface area contributed by atoms with Gasteiger partial charge in [-0.05, 0) is 38.9 Å². The Hall–Kier alpha value is -0.420. The van der Waals surface area contributed by atoms with Crippen LogP contribution in [0.1, 0.15) is 43.0 Å². The Morgan fingerprint density at radius 2 is 2.10 bits per heavy atom. The summed E-state index contributed by atoms with van der Waals surface area (Å²) >= 11 is 1.91. The zero-order valence-corrected chi connectivity index (χ0v) is 14.1. The Morgan fingerprint density at radius 3 is 2.60 bits per heavy atom. The van der Waals surface area contributed by atoms with Crippen LogP contribution in [0.25, 0.3) is 0 Å². The molecule has 4 heteroatoms. The highest BCUT2D eigenvalue weighted by Gasteiger charge is 2.32.